The van der Waals surface area contributed by atoms with Crippen LogP contribution in [0.2, 0.25) is 0 Å². The fourth-order valence-electron chi connectivity index (χ4n) is 1.95. The monoisotopic (exact) mass is 262 g/mol. The fourth-order valence-corrected chi connectivity index (χ4v) is 2.83. The highest BCUT2D eigenvalue weighted by molar-refractivity contribution is 7.91. The third-order valence-corrected chi connectivity index (χ3v) is 4.91. The second-order valence-electron chi connectivity index (χ2n) is 4.55. The molecule has 1 aliphatic heterocycles. The van der Waals surface area contributed by atoms with Crippen molar-refractivity contribution in [3.8, 4) is 0 Å². The summed E-state index contributed by atoms with van der Waals surface area (Å²) in [4.78, 5) is 11.5. The van der Waals surface area contributed by atoms with E-state index in [1.807, 2.05) is 0 Å². The molecule has 1 fully saturated rings. The SMILES string of the molecule is CCS(=O)(=O)CCCC(=O)CCC1CCCO1. The Bertz CT molecular complexity index is 328. The van der Waals surface area contributed by atoms with Crippen LogP contribution in [0.25, 0.3) is 0 Å². The van der Waals surface area contributed by atoms with Gasteiger partial charge in [-0.1, -0.05) is 6.92 Å². The number of hydrogen-bond donors (Lipinski definition) is 0. The van der Waals surface area contributed by atoms with Gasteiger partial charge in [0.25, 0.3) is 0 Å². The topological polar surface area (TPSA) is 60.4 Å². The Morgan fingerprint density at radius 1 is 1.35 bits per heavy atom. The van der Waals surface area contributed by atoms with E-state index >= 15 is 0 Å². The maximum atomic E-state index is 11.5. The average molecular weight is 262 g/mol. The minimum absolute atomic E-state index is 0.134. The maximum Gasteiger partial charge on any atom is 0.150 e. The second-order valence-corrected chi connectivity index (χ2v) is 7.03. The van der Waals surface area contributed by atoms with Gasteiger partial charge in [0.15, 0.2) is 0 Å². The van der Waals surface area contributed by atoms with Crippen molar-refractivity contribution < 1.29 is 17.9 Å². The Kier molecular flexibility index (Phi) is 6.12. The van der Waals surface area contributed by atoms with Crippen LogP contribution in [0.1, 0.15) is 45.4 Å². The van der Waals surface area contributed by atoms with Gasteiger partial charge in [-0.05, 0) is 25.7 Å². The molecule has 100 valence electrons. The summed E-state index contributed by atoms with van der Waals surface area (Å²) in [7, 11) is -2.92. The molecule has 0 aromatic carbocycles. The average Bonchev–Trinajstić information content (AvgIpc) is 2.79. The van der Waals surface area contributed by atoms with Crippen LogP contribution in [0.15, 0.2) is 0 Å². The summed E-state index contributed by atoms with van der Waals surface area (Å²) in [6, 6.07) is 0. The molecule has 1 atom stereocenters. The van der Waals surface area contributed by atoms with Gasteiger partial charge in [0.2, 0.25) is 0 Å². The summed E-state index contributed by atoms with van der Waals surface area (Å²) in [5.41, 5.74) is 0. The van der Waals surface area contributed by atoms with Crippen LogP contribution < -0.4 is 0 Å². The number of hydrogen-bond acceptors (Lipinski definition) is 4. The molecule has 0 aromatic heterocycles. The van der Waals surface area contributed by atoms with E-state index in [2.05, 4.69) is 0 Å². The van der Waals surface area contributed by atoms with Crippen molar-refractivity contribution in [2.45, 2.75) is 51.6 Å². The van der Waals surface area contributed by atoms with Crippen LogP contribution in [0, 0.1) is 0 Å². The first-order valence-corrected chi connectivity index (χ1v) is 8.19. The van der Waals surface area contributed by atoms with Crippen LogP contribution in [0.5, 0.6) is 0 Å². The lowest BCUT2D eigenvalue weighted by Crippen LogP contribution is -2.12. The lowest BCUT2D eigenvalue weighted by atomic mass is 10.1. The highest BCUT2D eigenvalue weighted by atomic mass is 32.2. The highest BCUT2D eigenvalue weighted by Crippen LogP contribution is 2.17. The summed E-state index contributed by atoms with van der Waals surface area (Å²) in [5.74, 6) is 0.457. The van der Waals surface area contributed by atoms with E-state index in [0.717, 1.165) is 25.9 Å². The molecule has 0 aliphatic carbocycles. The molecule has 1 heterocycles. The number of ketones is 1. The molecule has 17 heavy (non-hydrogen) atoms. The predicted octanol–water partition coefficient (Wildman–Crippen LogP) is 1.73. The Hall–Kier alpha value is -0.420. The van der Waals surface area contributed by atoms with Gasteiger partial charge in [0, 0.05) is 25.2 Å². The fraction of sp³-hybridized carbons (Fsp3) is 0.917. The molecule has 0 spiro atoms. The van der Waals surface area contributed by atoms with Gasteiger partial charge < -0.3 is 4.74 Å². The first-order valence-electron chi connectivity index (χ1n) is 6.37. The van der Waals surface area contributed by atoms with E-state index in [9.17, 15) is 13.2 Å². The summed E-state index contributed by atoms with van der Waals surface area (Å²) in [6.07, 6.45) is 4.55. The van der Waals surface area contributed by atoms with Crippen molar-refractivity contribution in [2.24, 2.45) is 0 Å². The van der Waals surface area contributed by atoms with Crippen molar-refractivity contribution >= 4 is 15.6 Å². The predicted molar refractivity (Wildman–Crippen MR) is 66.8 cm³/mol. The first kappa shape index (κ1) is 14.6. The van der Waals surface area contributed by atoms with E-state index in [1.165, 1.54) is 0 Å². The van der Waals surface area contributed by atoms with Crippen LogP contribution in [-0.2, 0) is 19.4 Å². The first-order chi connectivity index (χ1) is 8.03. The number of rotatable bonds is 8. The molecule has 1 unspecified atom stereocenters. The van der Waals surface area contributed by atoms with E-state index in [4.69, 9.17) is 4.74 Å². The quantitative estimate of drug-likeness (QED) is 0.668. The molecule has 0 saturated carbocycles. The summed E-state index contributed by atoms with van der Waals surface area (Å²) in [6.45, 7) is 2.45. The van der Waals surface area contributed by atoms with E-state index in [1.54, 1.807) is 6.92 Å². The van der Waals surface area contributed by atoms with Crippen molar-refractivity contribution in [1.29, 1.82) is 0 Å². The zero-order chi connectivity index (χ0) is 12.7. The van der Waals surface area contributed by atoms with E-state index < -0.39 is 9.84 Å². The molecular formula is C12H22O4S. The summed E-state index contributed by atoms with van der Waals surface area (Å²) >= 11 is 0. The standard InChI is InChI=1S/C12H22O4S/c1-2-17(14,15)10-4-5-11(13)7-8-12-6-3-9-16-12/h12H,2-10H2,1H3. The zero-order valence-electron chi connectivity index (χ0n) is 10.5. The smallest absolute Gasteiger partial charge is 0.150 e. The highest BCUT2D eigenvalue weighted by Gasteiger charge is 2.16. The molecule has 0 N–H and O–H groups in total. The number of sulfone groups is 1. The molecule has 0 radical (unpaired) electrons. The van der Waals surface area contributed by atoms with Crippen molar-refractivity contribution in [2.75, 3.05) is 18.1 Å². The maximum absolute atomic E-state index is 11.5. The minimum Gasteiger partial charge on any atom is -0.378 e. The molecule has 1 saturated heterocycles. The molecule has 1 aliphatic rings. The second kappa shape index (κ2) is 7.11. The number of Topliss-reactive ketones (excluding diaryl/α,β-unsaturated/α-hetero) is 1. The van der Waals surface area contributed by atoms with Gasteiger partial charge >= 0.3 is 0 Å². The lowest BCUT2D eigenvalue weighted by Gasteiger charge is -2.07. The van der Waals surface area contributed by atoms with Crippen molar-refractivity contribution in [3.63, 3.8) is 0 Å². The van der Waals surface area contributed by atoms with Crippen molar-refractivity contribution in [3.05, 3.63) is 0 Å². The molecule has 1 rings (SSSR count). The Morgan fingerprint density at radius 3 is 2.71 bits per heavy atom. The lowest BCUT2D eigenvalue weighted by molar-refractivity contribution is -0.119. The van der Waals surface area contributed by atoms with E-state index in [-0.39, 0.29) is 23.4 Å². The summed E-state index contributed by atoms with van der Waals surface area (Å²) < 4.78 is 27.9. The van der Waals surface area contributed by atoms with Crippen LogP contribution in [0.3, 0.4) is 0 Å². The minimum atomic E-state index is -2.92. The molecule has 4 nitrogen and oxygen atoms in total. The van der Waals surface area contributed by atoms with Crippen LogP contribution in [-0.4, -0.2) is 38.4 Å². The van der Waals surface area contributed by atoms with Crippen molar-refractivity contribution in [1.82, 2.24) is 0 Å². The largest absolute Gasteiger partial charge is 0.378 e. The molecule has 0 amide bonds. The Balaban J connectivity index is 2.08. The summed E-state index contributed by atoms with van der Waals surface area (Å²) in [5, 5.41) is 0. The molecule has 0 aromatic rings. The van der Waals surface area contributed by atoms with Crippen LogP contribution in [0.4, 0.5) is 0 Å². The van der Waals surface area contributed by atoms with Gasteiger partial charge in [-0.3, -0.25) is 4.79 Å². The van der Waals surface area contributed by atoms with Crippen LogP contribution >= 0.6 is 0 Å². The van der Waals surface area contributed by atoms with E-state index in [0.29, 0.717) is 19.3 Å². The molecule has 5 heteroatoms. The Morgan fingerprint density at radius 2 is 2.12 bits per heavy atom. The molecular weight excluding hydrogens is 240 g/mol. The zero-order valence-corrected chi connectivity index (χ0v) is 11.3. The van der Waals surface area contributed by atoms with Gasteiger partial charge in [-0.15, -0.1) is 0 Å². The molecule has 0 bridgehead atoms. The van der Waals surface area contributed by atoms with Gasteiger partial charge in [-0.25, -0.2) is 8.42 Å². The van der Waals surface area contributed by atoms with Gasteiger partial charge in [-0.2, -0.15) is 0 Å². The third kappa shape index (κ3) is 6.17. The van der Waals surface area contributed by atoms with Gasteiger partial charge in [0.05, 0.1) is 11.9 Å². The Labute approximate surface area is 104 Å². The number of carbonyl (C=O) groups excluding carboxylic acids is 1. The number of carbonyl (C=O) groups is 1. The van der Waals surface area contributed by atoms with Gasteiger partial charge in [0.1, 0.15) is 15.6 Å². The number of ether oxygens (including phenoxy) is 1. The normalized spacial score (nSPS) is 20.6. The third-order valence-electron chi connectivity index (χ3n) is 3.12.